The number of carboxylic acid groups (broad SMARTS) is 1. The van der Waals surface area contributed by atoms with Crippen LogP contribution in [0.25, 0.3) is 0 Å². The van der Waals surface area contributed by atoms with Gasteiger partial charge in [0.2, 0.25) is 0 Å². The standard InChI is InChI=1S/C44H62O8/c1-8-38(45)50-24-23-49-37-18-15-33(42(47)48)40(41(37)52-26-25-51-39(46)9-2)30-19-21-43(6)31(27-30)13-14-32-35-17-16-34(29(5)12-10-11-28(3)4)44(35,7)22-20-36(32)43/h8-9,13,15,18,28-30,32,34-36H,1-2,10-12,14,16-17,19-27H2,3-7H3,(H,47,48)/t29-,30+,32+,34-,35+,36+,43+,44-/m1/s1. The Labute approximate surface area is 311 Å². The highest BCUT2D eigenvalue weighted by molar-refractivity contribution is 5.91. The summed E-state index contributed by atoms with van der Waals surface area (Å²) in [5.41, 5.74) is 2.75. The van der Waals surface area contributed by atoms with Crippen molar-refractivity contribution >= 4 is 17.9 Å². The van der Waals surface area contributed by atoms with Crippen LogP contribution in [-0.4, -0.2) is 49.4 Å². The molecule has 3 saturated carbocycles. The number of carbonyl (C=O) groups excluding carboxylic acids is 2. The first-order valence-electron chi connectivity index (χ1n) is 19.8. The van der Waals surface area contributed by atoms with Gasteiger partial charge in [-0.15, -0.1) is 0 Å². The van der Waals surface area contributed by atoms with E-state index in [9.17, 15) is 19.5 Å². The number of aromatic carboxylic acids is 1. The Morgan fingerprint density at radius 3 is 2.23 bits per heavy atom. The van der Waals surface area contributed by atoms with Crippen molar-refractivity contribution in [3.63, 3.8) is 0 Å². The monoisotopic (exact) mass is 718 g/mol. The predicted molar refractivity (Wildman–Crippen MR) is 202 cm³/mol. The number of allylic oxidation sites excluding steroid dienone is 2. The van der Waals surface area contributed by atoms with E-state index >= 15 is 0 Å². The van der Waals surface area contributed by atoms with E-state index < -0.39 is 17.9 Å². The van der Waals surface area contributed by atoms with Gasteiger partial charge in [-0.25, -0.2) is 14.4 Å². The topological polar surface area (TPSA) is 108 Å². The average Bonchev–Trinajstić information content (AvgIpc) is 3.48. The molecular formula is C44H62O8. The summed E-state index contributed by atoms with van der Waals surface area (Å²) in [5.74, 6) is 2.93. The average molecular weight is 719 g/mol. The Morgan fingerprint density at radius 2 is 1.58 bits per heavy atom. The third-order valence-corrected chi connectivity index (χ3v) is 13.6. The molecule has 1 aromatic rings. The summed E-state index contributed by atoms with van der Waals surface area (Å²) in [7, 11) is 0. The third kappa shape index (κ3) is 8.31. The fraction of sp³-hybridized carbons (Fsp3) is 0.659. The largest absolute Gasteiger partial charge is 0.486 e. The molecule has 0 amide bonds. The zero-order valence-corrected chi connectivity index (χ0v) is 32.3. The smallest absolute Gasteiger partial charge is 0.336 e. The molecule has 0 unspecified atom stereocenters. The van der Waals surface area contributed by atoms with Gasteiger partial charge in [0.05, 0.1) is 5.56 Å². The second kappa shape index (κ2) is 17.1. The molecule has 52 heavy (non-hydrogen) atoms. The van der Waals surface area contributed by atoms with E-state index in [0.29, 0.717) is 34.3 Å². The van der Waals surface area contributed by atoms with Gasteiger partial charge in [-0.05, 0) is 116 Å². The van der Waals surface area contributed by atoms with Gasteiger partial charge < -0.3 is 24.1 Å². The Bertz CT molecular complexity index is 1510. The maximum absolute atomic E-state index is 12.7. The quantitative estimate of drug-likeness (QED) is 0.0734. The zero-order valence-electron chi connectivity index (χ0n) is 32.3. The van der Waals surface area contributed by atoms with E-state index in [1.807, 2.05) is 0 Å². The van der Waals surface area contributed by atoms with Crippen LogP contribution in [0.15, 0.2) is 49.1 Å². The van der Waals surface area contributed by atoms with Crippen LogP contribution < -0.4 is 9.47 Å². The molecule has 0 heterocycles. The predicted octanol–water partition coefficient (Wildman–Crippen LogP) is 9.73. The number of hydrogen-bond acceptors (Lipinski definition) is 7. The highest BCUT2D eigenvalue weighted by Gasteiger charge is 2.59. The molecule has 0 radical (unpaired) electrons. The molecule has 4 aliphatic carbocycles. The number of rotatable bonds is 17. The minimum Gasteiger partial charge on any atom is -0.486 e. The first-order chi connectivity index (χ1) is 24.8. The van der Waals surface area contributed by atoms with Gasteiger partial charge in [0.25, 0.3) is 0 Å². The molecule has 5 rings (SSSR count). The van der Waals surface area contributed by atoms with E-state index in [2.05, 4.69) is 53.9 Å². The van der Waals surface area contributed by atoms with Crippen LogP contribution in [0.3, 0.4) is 0 Å². The third-order valence-electron chi connectivity index (χ3n) is 13.6. The number of esters is 2. The maximum atomic E-state index is 12.7. The van der Waals surface area contributed by atoms with Crippen molar-refractivity contribution in [3.05, 3.63) is 60.2 Å². The van der Waals surface area contributed by atoms with Crippen LogP contribution in [0.4, 0.5) is 0 Å². The normalized spacial score (nSPS) is 29.8. The van der Waals surface area contributed by atoms with Crippen LogP contribution >= 0.6 is 0 Å². The second-order valence-corrected chi connectivity index (χ2v) is 16.8. The first-order valence-corrected chi connectivity index (χ1v) is 19.8. The van der Waals surface area contributed by atoms with Crippen LogP contribution in [0.2, 0.25) is 0 Å². The number of ether oxygens (including phenoxy) is 4. The molecule has 8 heteroatoms. The number of hydrogen-bond donors (Lipinski definition) is 1. The maximum Gasteiger partial charge on any atom is 0.336 e. The summed E-state index contributed by atoms with van der Waals surface area (Å²) in [6, 6.07) is 3.17. The molecule has 0 bridgehead atoms. The van der Waals surface area contributed by atoms with Crippen LogP contribution in [0, 0.1) is 46.3 Å². The molecule has 1 N–H and O–H groups in total. The van der Waals surface area contributed by atoms with Gasteiger partial charge in [-0.1, -0.05) is 78.7 Å². The van der Waals surface area contributed by atoms with E-state index in [1.165, 1.54) is 50.5 Å². The number of benzene rings is 1. The second-order valence-electron chi connectivity index (χ2n) is 16.8. The molecule has 286 valence electrons. The van der Waals surface area contributed by atoms with E-state index in [0.717, 1.165) is 61.5 Å². The summed E-state index contributed by atoms with van der Waals surface area (Å²) in [6.45, 7) is 19.2. The minimum atomic E-state index is -1.03. The highest BCUT2D eigenvalue weighted by Crippen LogP contribution is 2.68. The van der Waals surface area contributed by atoms with Crippen molar-refractivity contribution in [3.8, 4) is 11.5 Å². The summed E-state index contributed by atoms with van der Waals surface area (Å²) < 4.78 is 22.5. The molecule has 0 aromatic heterocycles. The number of carbonyl (C=O) groups is 3. The van der Waals surface area contributed by atoms with Crippen molar-refractivity contribution in [2.45, 2.75) is 111 Å². The van der Waals surface area contributed by atoms with Crippen molar-refractivity contribution in [2.24, 2.45) is 46.3 Å². The molecule has 1 aromatic carbocycles. The Hall–Kier alpha value is -3.55. The molecule has 8 nitrogen and oxygen atoms in total. The van der Waals surface area contributed by atoms with E-state index in [4.69, 9.17) is 18.9 Å². The summed E-state index contributed by atoms with van der Waals surface area (Å²) in [4.78, 5) is 36.0. The Kier molecular flexibility index (Phi) is 13.0. The van der Waals surface area contributed by atoms with Gasteiger partial charge in [0, 0.05) is 17.7 Å². The minimum absolute atomic E-state index is 0.00580. The van der Waals surface area contributed by atoms with Gasteiger partial charge in [0.15, 0.2) is 11.5 Å². The van der Waals surface area contributed by atoms with E-state index in [-0.39, 0.29) is 43.3 Å². The zero-order chi connectivity index (χ0) is 37.6. The summed E-state index contributed by atoms with van der Waals surface area (Å²) >= 11 is 0. The first kappa shape index (κ1) is 39.7. The SMILES string of the molecule is C=CC(=O)OCCOc1ccc(C(=O)O)c([C@H]2CC[C@@]3(C)C(=CC[C@H]4[C@@H]5CC[C@H]([C@H](C)CCCC(C)C)[C@@]5(C)CC[C@@H]43)C2)c1OCCOC(=O)C=C. The highest BCUT2D eigenvalue weighted by atomic mass is 16.6. The fourth-order valence-electron chi connectivity index (χ4n) is 11.1. The number of fused-ring (bicyclic) bond motifs is 5. The van der Waals surface area contributed by atoms with Crippen LogP contribution in [-0.2, 0) is 19.1 Å². The van der Waals surface area contributed by atoms with Crippen molar-refractivity contribution in [1.29, 1.82) is 0 Å². The Morgan fingerprint density at radius 1 is 0.885 bits per heavy atom. The molecule has 3 fully saturated rings. The van der Waals surface area contributed by atoms with E-state index in [1.54, 1.807) is 12.1 Å². The van der Waals surface area contributed by atoms with Gasteiger partial charge in [0.1, 0.15) is 26.4 Å². The lowest BCUT2D eigenvalue weighted by Gasteiger charge is -2.58. The van der Waals surface area contributed by atoms with Crippen molar-refractivity contribution in [2.75, 3.05) is 26.4 Å². The lowest BCUT2D eigenvalue weighted by molar-refractivity contribution is -0.139. The van der Waals surface area contributed by atoms with Crippen molar-refractivity contribution in [1.82, 2.24) is 0 Å². The van der Waals surface area contributed by atoms with Gasteiger partial charge >= 0.3 is 17.9 Å². The molecule has 0 aliphatic heterocycles. The molecule has 4 aliphatic rings. The Balaban J connectivity index is 1.38. The van der Waals surface area contributed by atoms with Gasteiger partial charge in [-0.2, -0.15) is 0 Å². The van der Waals surface area contributed by atoms with Crippen LogP contribution in [0.5, 0.6) is 11.5 Å². The molecule has 8 atom stereocenters. The molecule has 0 spiro atoms. The van der Waals surface area contributed by atoms with Gasteiger partial charge in [-0.3, -0.25) is 0 Å². The fourth-order valence-corrected chi connectivity index (χ4v) is 11.1. The van der Waals surface area contributed by atoms with Crippen LogP contribution in [0.1, 0.15) is 127 Å². The van der Waals surface area contributed by atoms with Crippen molar-refractivity contribution < 1.29 is 38.4 Å². The molecule has 0 saturated heterocycles. The lowest BCUT2D eigenvalue weighted by atomic mass is 9.46. The molecular weight excluding hydrogens is 656 g/mol. The lowest BCUT2D eigenvalue weighted by Crippen LogP contribution is -2.50. The number of carboxylic acids is 1. The summed E-state index contributed by atoms with van der Waals surface area (Å²) in [5, 5.41) is 10.4. The summed E-state index contributed by atoms with van der Waals surface area (Å²) in [6.07, 6.45) is 17.7.